The van der Waals surface area contributed by atoms with E-state index in [0.29, 0.717) is 12.2 Å². The van der Waals surface area contributed by atoms with Crippen molar-refractivity contribution in [3.8, 4) is 0 Å². The Morgan fingerprint density at radius 2 is 1.49 bits per heavy atom. The number of para-hydroxylation sites is 2. The van der Waals surface area contributed by atoms with Crippen LogP contribution in [0.15, 0.2) is 88.6 Å². The Bertz CT molecular complexity index is 1490. The molecule has 0 saturated carbocycles. The third kappa shape index (κ3) is 5.21. The number of anilines is 1. The largest absolute Gasteiger partial charge is 0.329 e. The van der Waals surface area contributed by atoms with E-state index in [-0.39, 0.29) is 36.0 Å². The lowest BCUT2D eigenvalue weighted by Gasteiger charge is -2.17. The molecule has 3 aromatic carbocycles. The van der Waals surface area contributed by atoms with E-state index < -0.39 is 10.0 Å². The van der Waals surface area contributed by atoms with Gasteiger partial charge >= 0.3 is 5.69 Å². The predicted molar refractivity (Wildman–Crippen MR) is 137 cm³/mol. The van der Waals surface area contributed by atoms with Gasteiger partial charge in [-0.05, 0) is 48.9 Å². The molecule has 0 unspecified atom stereocenters. The average Bonchev–Trinajstić information content (AvgIpc) is 3.14. The van der Waals surface area contributed by atoms with Crippen LogP contribution in [-0.2, 0) is 34.5 Å². The van der Waals surface area contributed by atoms with Crippen LogP contribution in [0.25, 0.3) is 11.0 Å². The van der Waals surface area contributed by atoms with Crippen molar-refractivity contribution >= 4 is 32.7 Å². The summed E-state index contributed by atoms with van der Waals surface area (Å²) in [5.41, 5.74) is 2.87. The van der Waals surface area contributed by atoms with Crippen LogP contribution in [-0.4, -0.2) is 34.8 Å². The molecule has 1 N–H and O–H groups in total. The predicted octanol–water partition coefficient (Wildman–Crippen LogP) is 3.67. The van der Waals surface area contributed by atoms with Gasteiger partial charge in [0.15, 0.2) is 0 Å². The first-order chi connectivity index (χ1) is 16.8. The Hall–Kier alpha value is -3.69. The number of imidazole rings is 1. The zero-order chi connectivity index (χ0) is 25.0. The van der Waals surface area contributed by atoms with Crippen LogP contribution < -0.4 is 11.0 Å². The van der Waals surface area contributed by atoms with Gasteiger partial charge in [-0.1, -0.05) is 42.5 Å². The molecule has 0 aliphatic rings. The first-order valence-electron chi connectivity index (χ1n) is 11.4. The molecule has 1 aromatic heterocycles. The lowest BCUT2D eigenvalue weighted by molar-refractivity contribution is -0.116. The molecule has 0 bridgehead atoms. The number of sulfonamides is 1. The lowest BCUT2D eigenvalue weighted by Crippen LogP contribution is -2.26. The number of fused-ring (bicyclic) bond motifs is 1. The van der Waals surface area contributed by atoms with Gasteiger partial charge in [0.2, 0.25) is 15.9 Å². The van der Waals surface area contributed by atoms with Gasteiger partial charge in [0, 0.05) is 38.8 Å². The van der Waals surface area contributed by atoms with Crippen LogP contribution in [0.5, 0.6) is 0 Å². The molecule has 4 aromatic rings. The average molecular weight is 493 g/mol. The first-order valence-corrected chi connectivity index (χ1v) is 12.8. The molecule has 182 valence electrons. The Morgan fingerprint density at radius 1 is 0.886 bits per heavy atom. The minimum atomic E-state index is -3.67. The summed E-state index contributed by atoms with van der Waals surface area (Å²) >= 11 is 0. The third-order valence-electron chi connectivity index (χ3n) is 5.90. The van der Waals surface area contributed by atoms with Crippen LogP contribution in [0.3, 0.4) is 0 Å². The number of aromatic nitrogens is 2. The monoisotopic (exact) mass is 492 g/mol. The highest BCUT2D eigenvalue weighted by Crippen LogP contribution is 2.20. The fraction of sp³-hybridized carbons (Fsp3) is 0.231. The second-order valence-electron chi connectivity index (χ2n) is 8.24. The van der Waals surface area contributed by atoms with Gasteiger partial charge in [-0.2, -0.15) is 4.31 Å². The maximum absolute atomic E-state index is 12.9. The zero-order valence-corrected chi connectivity index (χ0v) is 20.5. The molecular formula is C26H28N4O4S. The van der Waals surface area contributed by atoms with Gasteiger partial charge in [-0.15, -0.1) is 0 Å². The van der Waals surface area contributed by atoms with E-state index >= 15 is 0 Å². The van der Waals surface area contributed by atoms with Crippen molar-refractivity contribution < 1.29 is 13.2 Å². The molecule has 0 aliphatic heterocycles. The SMILES string of the molecule is CCn1c(=O)n(CCC(=O)Nc2ccc(S(=O)(=O)N(C)Cc3ccccc3)cc2)c2ccccc21. The van der Waals surface area contributed by atoms with Crippen molar-refractivity contribution in [3.05, 3.63) is 94.9 Å². The zero-order valence-electron chi connectivity index (χ0n) is 19.7. The summed E-state index contributed by atoms with van der Waals surface area (Å²) in [6, 6.07) is 23.0. The quantitative estimate of drug-likeness (QED) is 0.386. The van der Waals surface area contributed by atoms with E-state index in [4.69, 9.17) is 0 Å². The number of carbonyl (C=O) groups is 1. The Kier molecular flexibility index (Phi) is 7.18. The van der Waals surface area contributed by atoms with Gasteiger partial charge in [0.25, 0.3) is 0 Å². The number of amides is 1. The summed E-state index contributed by atoms with van der Waals surface area (Å²) < 4.78 is 30.4. The topological polar surface area (TPSA) is 93.4 Å². The number of hydrogen-bond acceptors (Lipinski definition) is 4. The number of rotatable bonds is 9. The van der Waals surface area contributed by atoms with Crippen LogP contribution in [0.2, 0.25) is 0 Å². The second kappa shape index (κ2) is 10.3. The molecule has 8 nitrogen and oxygen atoms in total. The summed E-state index contributed by atoms with van der Waals surface area (Å²) in [5.74, 6) is -0.262. The molecule has 0 aliphatic carbocycles. The van der Waals surface area contributed by atoms with Crippen molar-refractivity contribution in [1.82, 2.24) is 13.4 Å². The first kappa shape index (κ1) is 24.4. The van der Waals surface area contributed by atoms with Crippen molar-refractivity contribution in [2.75, 3.05) is 12.4 Å². The maximum atomic E-state index is 12.9. The maximum Gasteiger partial charge on any atom is 0.329 e. The minimum absolute atomic E-state index is 0.109. The molecular weight excluding hydrogens is 464 g/mol. The minimum Gasteiger partial charge on any atom is -0.326 e. The highest BCUT2D eigenvalue weighted by Gasteiger charge is 2.21. The van der Waals surface area contributed by atoms with Gasteiger partial charge in [0.1, 0.15) is 0 Å². The fourth-order valence-corrected chi connectivity index (χ4v) is 5.21. The van der Waals surface area contributed by atoms with Crippen molar-refractivity contribution in [2.24, 2.45) is 0 Å². The van der Waals surface area contributed by atoms with Gasteiger partial charge in [-0.25, -0.2) is 13.2 Å². The lowest BCUT2D eigenvalue weighted by atomic mass is 10.2. The van der Waals surface area contributed by atoms with Gasteiger partial charge in [0.05, 0.1) is 15.9 Å². The number of nitrogens with one attached hydrogen (secondary N) is 1. The molecule has 4 rings (SSSR count). The van der Waals surface area contributed by atoms with E-state index in [2.05, 4.69) is 5.32 Å². The number of aryl methyl sites for hydroxylation is 2. The Balaban J connectivity index is 1.40. The summed E-state index contributed by atoms with van der Waals surface area (Å²) in [5, 5.41) is 2.78. The number of carbonyl (C=O) groups excluding carboxylic acids is 1. The van der Waals surface area contributed by atoms with Gasteiger partial charge in [-0.3, -0.25) is 13.9 Å². The van der Waals surface area contributed by atoms with Crippen molar-refractivity contribution in [2.45, 2.75) is 37.9 Å². The molecule has 9 heteroatoms. The molecule has 35 heavy (non-hydrogen) atoms. The van der Waals surface area contributed by atoms with Crippen molar-refractivity contribution in [3.63, 3.8) is 0 Å². The normalized spacial score (nSPS) is 11.7. The Morgan fingerprint density at radius 3 is 2.11 bits per heavy atom. The Labute approximate surface area is 204 Å². The van der Waals surface area contributed by atoms with Crippen LogP contribution in [0.4, 0.5) is 5.69 Å². The molecule has 0 fully saturated rings. The highest BCUT2D eigenvalue weighted by atomic mass is 32.2. The smallest absolute Gasteiger partial charge is 0.326 e. The summed E-state index contributed by atoms with van der Waals surface area (Å²) in [6.45, 7) is 2.97. The van der Waals surface area contributed by atoms with E-state index in [0.717, 1.165) is 16.6 Å². The summed E-state index contributed by atoms with van der Waals surface area (Å²) in [7, 11) is -2.14. The fourth-order valence-electron chi connectivity index (χ4n) is 4.05. The third-order valence-corrected chi connectivity index (χ3v) is 7.72. The van der Waals surface area contributed by atoms with E-state index in [9.17, 15) is 18.0 Å². The number of benzene rings is 3. The number of hydrogen-bond donors (Lipinski definition) is 1. The van der Waals surface area contributed by atoms with Crippen LogP contribution >= 0.6 is 0 Å². The molecule has 0 spiro atoms. The van der Waals surface area contributed by atoms with Crippen LogP contribution in [0.1, 0.15) is 18.9 Å². The molecule has 1 amide bonds. The van der Waals surface area contributed by atoms with E-state index in [1.54, 1.807) is 21.3 Å². The highest BCUT2D eigenvalue weighted by molar-refractivity contribution is 7.89. The summed E-state index contributed by atoms with van der Waals surface area (Å²) in [6.07, 6.45) is 0.109. The van der Waals surface area contributed by atoms with E-state index in [1.165, 1.54) is 23.5 Å². The summed E-state index contributed by atoms with van der Waals surface area (Å²) in [4.78, 5) is 25.4. The molecule has 1 heterocycles. The van der Waals surface area contributed by atoms with Crippen LogP contribution in [0, 0.1) is 0 Å². The molecule has 0 radical (unpaired) electrons. The van der Waals surface area contributed by atoms with E-state index in [1.807, 2.05) is 61.5 Å². The number of nitrogens with zero attached hydrogens (tertiary/aromatic N) is 3. The molecule has 0 saturated heterocycles. The van der Waals surface area contributed by atoms with Crippen molar-refractivity contribution in [1.29, 1.82) is 0 Å². The standard InChI is InChI=1S/C26H28N4O4S/c1-3-29-23-11-7-8-12-24(23)30(26(29)32)18-17-25(31)27-21-13-15-22(16-14-21)35(33,34)28(2)19-20-9-5-4-6-10-20/h4-16H,3,17-19H2,1-2H3,(H,27,31). The second-order valence-corrected chi connectivity index (χ2v) is 10.3. The molecule has 0 atom stereocenters. The van der Waals surface area contributed by atoms with Gasteiger partial charge < -0.3 is 5.32 Å².